The monoisotopic (exact) mass is 390 g/mol. The van der Waals surface area contributed by atoms with E-state index in [-0.39, 0.29) is 17.5 Å². The molecule has 4 rings (SSSR count). The third-order valence-corrected chi connectivity index (χ3v) is 5.59. The predicted octanol–water partition coefficient (Wildman–Crippen LogP) is 4.91. The number of aromatic nitrogens is 1. The molecule has 134 valence electrons. The zero-order chi connectivity index (χ0) is 18.1. The maximum absolute atomic E-state index is 14.0. The molecule has 1 aliphatic heterocycles. The zero-order valence-electron chi connectivity index (χ0n) is 13.8. The van der Waals surface area contributed by atoms with Gasteiger partial charge in [-0.1, -0.05) is 35.1 Å². The van der Waals surface area contributed by atoms with Crippen LogP contribution in [0.2, 0.25) is 5.02 Å². The molecule has 1 fully saturated rings. The second-order valence-electron chi connectivity index (χ2n) is 6.14. The first-order chi connectivity index (χ1) is 12.6. The number of anilines is 1. The normalized spacial score (nSPS) is 16.9. The summed E-state index contributed by atoms with van der Waals surface area (Å²) in [5, 5.41) is 0.953. The van der Waals surface area contributed by atoms with E-state index >= 15 is 0 Å². The Bertz CT molecular complexity index is 956. The predicted molar refractivity (Wildman–Crippen MR) is 102 cm³/mol. The topological polar surface area (TPSA) is 42.4 Å². The minimum absolute atomic E-state index is 0.0463. The van der Waals surface area contributed by atoms with Gasteiger partial charge in [-0.25, -0.2) is 9.37 Å². The summed E-state index contributed by atoms with van der Waals surface area (Å²) in [6, 6.07) is 11.6. The largest absolute Gasteiger partial charge is 0.376 e. The van der Waals surface area contributed by atoms with Crippen LogP contribution in [-0.2, 0) is 4.74 Å². The number of thiazole rings is 1. The van der Waals surface area contributed by atoms with Crippen molar-refractivity contribution in [1.82, 2.24) is 4.98 Å². The van der Waals surface area contributed by atoms with Gasteiger partial charge in [0.2, 0.25) is 0 Å². The molecule has 7 heteroatoms. The van der Waals surface area contributed by atoms with E-state index in [4.69, 9.17) is 16.3 Å². The molecule has 1 atom stereocenters. The number of fused-ring (bicyclic) bond motifs is 1. The Labute approximate surface area is 159 Å². The minimum atomic E-state index is -0.391. The van der Waals surface area contributed by atoms with Gasteiger partial charge in [0, 0.05) is 17.2 Å². The number of hydrogen-bond donors (Lipinski definition) is 0. The molecule has 1 amide bonds. The van der Waals surface area contributed by atoms with Gasteiger partial charge in [0.15, 0.2) is 5.13 Å². The van der Waals surface area contributed by atoms with Crippen molar-refractivity contribution < 1.29 is 13.9 Å². The van der Waals surface area contributed by atoms with E-state index in [1.807, 2.05) is 0 Å². The van der Waals surface area contributed by atoms with Gasteiger partial charge in [0.05, 0.1) is 17.3 Å². The van der Waals surface area contributed by atoms with Crippen molar-refractivity contribution in [3.05, 3.63) is 58.9 Å². The lowest BCUT2D eigenvalue weighted by Crippen LogP contribution is -2.37. The van der Waals surface area contributed by atoms with Crippen molar-refractivity contribution in [3.8, 4) is 0 Å². The Morgan fingerprint density at radius 2 is 2.19 bits per heavy atom. The first-order valence-corrected chi connectivity index (χ1v) is 9.55. The molecule has 0 radical (unpaired) electrons. The summed E-state index contributed by atoms with van der Waals surface area (Å²) in [5.74, 6) is -0.611. The lowest BCUT2D eigenvalue weighted by molar-refractivity contribution is 0.0917. The Balaban J connectivity index is 1.73. The van der Waals surface area contributed by atoms with Gasteiger partial charge in [0.25, 0.3) is 5.91 Å². The molecule has 0 N–H and O–H groups in total. The van der Waals surface area contributed by atoms with Crippen LogP contribution in [-0.4, -0.2) is 30.1 Å². The third kappa shape index (κ3) is 3.45. The maximum atomic E-state index is 14.0. The van der Waals surface area contributed by atoms with Gasteiger partial charge < -0.3 is 4.74 Å². The zero-order valence-corrected chi connectivity index (χ0v) is 15.4. The number of benzene rings is 2. The number of carbonyl (C=O) groups is 1. The molecule has 2 aromatic carbocycles. The molecule has 1 saturated heterocycles. The number of halogens is 2. The summed E-state index contributed by atoms with van der Waals surface area (Å²) < 4.78 is 20.4. The fraction of sp³-hybridized carbons (Fsp3) is 0.263. The molecular formula is C19H16ClFN2O2S. The van der Waals surface area contributed by atoms with Crippen molar-refractivity contribution in [1.29, 1.82) is 0 Å². The van der Waals surface area contributed by atoms with E-state index in [0.717, 1.165) is 12.8 Å². The van der Waals surface area contributed by atoms with Crippen LogP contribution < -0.4 is 4.90 Å². The molecule has 1 aromatic heterocycles. The molecule has 0 saturated carbocycles. The Hall–Kier alpha value is -2.02. The number of rotatable bonds is 4. The van der Waals surface area contributed by atoms with E-state index in [0.29, 0.717) is 33.6 Å². The average Bonchev–Trinajstić information content (AvgIpc) is 3.29. The second kappa shape index (κ2) is 7.31. The summed E-state index contributed by atoms with van der Waals surface area (Å²) in [4.78, 5) is 19.1. The molecule has 1 aliphatic rings. The lowest BCUT2D eigenvalue weighted by atomic mass is 10.2. The summed E-state index contributed by atoms with van der Waals surface area (Å²) in [7, 11) is 0. The van der Waals surface area contributed by atoms with Gasteiger partial charge in [-0.2, -0.15) is 0 Å². The summed E-state index contributed by atoms with van der Waals surface area (Å²) in [6.45, 7) is 1.07. The highest BCUT2D eigenvalue weighted by atomic mass is 35.5. The van der Waals surface area contributed by atoms with Crippen molar-refractivity contribution in [2.24, 2.45) is 0 Å². The first-order valence-electron chi connectivity index (χ1n) is 8.36. The van der Waals surface area contributed by atoms with Gasteiger partial charge in [-0.3, -0.25) is 9.69 Å². The number of para-hydroxylation sites is 1. The van der Waals surface area contributed by atoms with Crippen LogP contribution in [0.5, 0.6) is 0 Å². The van der Waals surface area contributed by atoms with E-state index in [9.17, 15) is 9.18 Å². The third-order valence-electron chi connectivity index (χ3n) is 4.32. The smallest absolute Gasteiger partial charge is 0.260 e. The number of nitrogens with zero attached hydrogens (tertiary/aromatic N) is 2. The highest BCUT2D eigenvalue weighted by Crippen LogP contribution is 2.32. The molecule has 0 spiro atoms. The summed E-state index contributed by atoms with van der Waals surface area (Å²) >= 11 is 7.33. The SMILES string of the molecule is O=C(c1cccc(Cl)c1)N(CC1CCCO1)c1nc2c(F)cccc2s1. The standard InChI is InChI=1S/C19H16ClFN2O2S/c20-13-5-1-4-12(10-13)18(24)23(11-14-6-3-9-25-14)19-22-17-15(21)7-2-8-16(17)26-19/h1-2,4-5,7-8,10,14H,3,6,9,11H2. The number of amides is 1. The van der Waals surface area contributed by atoms with Crippen LogP contribution in [0.25, 0.3) is 10.2 Å². The fourth-order valence-corrected chi connectivity index (χ4v) is 4.21. The molecule has 1 unspecified atom stereocenters. The number of carbonyl (C=O) groups excluding carboxylic acids is 1. The van der Waals surface area contributed by atoms with Crippen molar-refractivity contribution >= 4 is 44.2 Å². The van der Waals surface area contributed by atoms with Crippen molar-refractivity contribution in [2.75, 3.05) is 18.1 Å². The summed E-state index contributed by atoms with van der Waals surface area (Å²) in [5.41, 5.74) is 0.749. The van der Waals surface area contributed by atoms with Gasteiger partial charge in [-0.05, 0) is 43.2 Å². The van der Waals surface area contributed by atoms with Crippen LogP contribution in [0.15, 0.2) is 42.5 Å². The van der Waals surface area contributed by atoms with Gasteiger partial charge in [-0.15, -0.1) is 0 Å². The van der Waals surface area contributed by atoms with E-state index < -0.39 is 5.82 Å². The van der Waals surface area contributed by atoms with Crippen molar-refractivity contribution in [2.45, 2.75) is 18.9 Å². The lowest BCUT2D eigenvalue weighted by Gasteiger charge is -2.23. The van der Waals surface area contributed by atoms with E-state index in [2.05, 4.69) is 4.98 Å². The molecule has 0 bridgehead atoms. The maximum Gasteiger partial charge on any atom is 0.260 e. The highest BCUT2D eigenvalue weighted by Gasteiger charge is 2.27. The molecule has 4 nitrogen and oxygen atoms in total. The average molecular weight is 391 g/mol. The van der Waals surface area contributed by atoms with Crippen molar-refractivity contribution in [3.63, 3.8) is 0 Å². The Kier molecular flexibility index (Phi) is 4.89. The molecule has 26 heavy (non-hydrogen) atoms. The van der Waals surface area contributed by atoms with Crippen LogP contribution >= 0.6 is 22.9 Å². The van der Waals surface area contributed by atoms with E-state index in [1.54, 1.807) is 41.3 Å². The van der Waals surface area contributed by atoms with E-state index in [1.165, 1.54) is 17.4 Å². The molecule has 2 heterocycles. The molecule has 0 aliphatic carbocycles. The van der Waals surface area contributed by atoms with Crippen LogP contribution in [0.3, 0.4) is 0 Å². The molecular weight excluding hydrogens is 375 g/mol. The second-order valence-corrected chi connectivity index (χ2v) is 7.59. The fourth-order valence-electron chi connectivity index (χ4n) is 3.04. The highest BCUT2D eigenvalue weighted by molar-refractivity contribution is 7.22. The summed E-state index contributed by atoms with van der Waals surface area (Å²) in [6.07, 6.45) is 1.81. The number of ether oxygens (including phenoxy) is 1. The van der Waals surface area contributed by atoms with Crippen LogP contribution in [0.4, 0.5) is 9.52 Å². The first kappa shape index (κ1) is 17.4. The van der Waals surface area contributed by atoms with Gasteiger partial charge >= 0.3 is 0 Å². The molecule has 3 aromatic rings. The quantitative estimate of drug-likeness (QED) is 0.635. The Morgan fingerprint density at radius 3 is 2.92 bits per heavy atom. The van der Waals surface area contributed by atoms with Gasteiger partial charge in [0.1, 0.15) is 11.3 Å². The van der Waals surface area contributed by atoms with Crippen LogP contribution in [0.1, 0.15) is 23.2 Å². The Morgan fingerprint density at radius 1 is 1.35 bits per heavy atom. The van der Waals surface area contributed by atoms with Crippen LogP contribution in [0, 0.1) is 5.82 Å². The minimum Gasteiger partial charge on any atom is -0.376 e. The number of hydrogen-bond acceptors (Lipinski definition) is 4.